The van der Waals surface area contributed by atoms with E-state index in [1.54, 1.807) is 29.7 Å². The summed E-state index contributed by atoms with van der Waals surface area (Å²) in [7, 11) is 0. The smallest absolute Gasteiger partial charge is 0.265 e. The number of thiazole rings is 1. The fourth-order valence-corrected chi connectivity index (χ4v) is 4.72. The third-order valence-corrected chi connectivity index (χ3v) is 6.66. The predicted octanol–water partition coefficient (Wildman–Crippen LogP) is 4.74. The third kappa shape index (κ3) is 3.56. The average molecular weight is 415 g/mol. The Hall–Kier alpha value is -2.25. The molecule has 8 heteroatoms. The Morgan fingerprint density at radius 2 is 2.00 bits per heavy atom. The molecule has 1 unspecified atom stereocenters. The molecule has 3 heterocycles. The largest absolute Gasteiger partial charge is 0.339 e. The molecule has 1 aromatic carbocycles. The lowest BCUT2D eigenvalue weighted by molar-refractivity contribution is 0.0700. The lowest BCUT2D eigenvalue weighted by Gasteiger charge is -2.30. The van der Waals surface area contributed by atoms with Crippen molar-refractivity contribution < 1.29 is 9.32 Å². The quantitative estimate of drug-likeness (QED) is 0.616. The highest BCUT2D eigenvalue weighted by Crippen LogP contribution is 2.42. The summed E-state index contributed by atoms with van der Waals surface area (Å²) in [6.07, 6.45) is 5.97. The minimum absolute atomic E-state index is 0.0575. The number of nitrogens with zero attached hydrogens (tertiary/aromatic N) is 4. The van der Waals surface area contributed by atoms with E-state index in [1.165, 1.54) is 12.8 Å². The molecule has 0 spiro atoms. The van der Waals surface area contributed by atoms with Crippen LogP contribution in [-0.2, 0) is 0 Å². The van der Waals surface area contributed by atoms with E-state index in [1.807, 2.05) is 17.0 Å². The maximum Gasteiger partial charge on any atom is 0.265 e. The SMILES string of the molecule is O=C(c1cnc(C2CC2)s1)N1CCCC(c2nc(-c3ccc(Cl)cc3)no2)C1. The van der Waals surface area contributed by atoms with Gasteiger partial charge in [-0.2, -0.15) is 4.98 Å². The number of benzene rings is 1. The number of carbonyl (C=O) groups is 1. The zero-order chi connectivity index (χ0) is 19.1. The molecule has 2 aliphatic rings. The van der Waals surface area contributed by atoms with Gasteiger partial charge in [-0.25, -0.2) is 4.98 Å². The van der Waals surface area contributed by atoms with Crippen LogP contribution in [0.1, 0.15) is 58.1 Å². The molecule has 0 bridgehead atoms. The van der Waals surface area contributed by atoms with Gasteiger partial charge in [0, 0.05) is 29.6 Å². The van der Waals surface area contributed by atoms with Crippen LogP contribution in [-0.4, -0.2) is 39.0 Å². The fraction of sp³-hybridized carbons (Fsp3) is 0.400. The molecule has 1 saturated carbocycles. The van der Waals surface area contributed by atoms with Crippen LogP contribution < -0.4 is 0 Å². The van der Waals surface area contributed by atoms with Gasteiger partial charge in [-0.3, -0.25) is 4.79 Å². The fourth-order valence-electron chi connectivity index (χ4n) is 3.54. The molecule has 3 aromatic rings. The van der Waals surface area contributed by atoms with Gasteiger partial charge in [-0.1, -0.05) is 16.8 Å². The normalized spacial score (nSPS) is 19.8. The van der Waals surface area contributed by atoms with Gasteiger partial charge in [0.2, 0.25) is 11.7 Å². The molecule has 2 aromatic heterocycles. The Morgan fingerprint density at radius 3 is 2.79 bits per heavy atom. The number of rotatable bonds is 4. The summed E-state index contributed by atoms with van der Waals surface area (Å²) < 4.78 is 5.52. The second kappa shape index (κ2) is 7.29. The van der Waals surface area contributed by atoms with E-state index in [4.69, 9.17) is 16.1 Å². The van der Waals surface area contributed by atoms with E-state index in [0.29, 0.717) is 29.2 Å². The number of halogens is 1. The van der Waals surface area contributed by atoms with Crippen LogP contribution in [0.4, 0.5) is 0 Å². The number of carbonyl (C=O) groups excluding carboxylic acids is 1. The Bertz CT molecular complexity index is 996. The maximum absolute atomic E-state index is 12.9. The van der Waals surface area contributed by atoms with Gasteiger partial charge in [0.25, 0.3) is 5.91 Å². The summed E-state index contributed by atoms with van der Waals surface area (Å²) in [6.45, 7) is 1.35. The maximum atomic E-state index is 12.9. The summed E-state index contributed by atoms with van der Waals surface area (Å²) >= 11 is 7.48. The van der Waals surface area contributed by atoms with Crippen molar-refractivity contribution in [1.82, 2.24) is 20.0 Å². The first-order valence-corrected chi connectivity index (χ1v) is 10.7. The molecule has 0 radical (unpaired) electrons. The molecule has 2 fully saturated rings. The summed E-state index contributed by atoms with van der Waals surface area (Å²) in [5.74, 6) is 1.83. The zero-order valence-corrected chi connectivity index (χ0v) is 16.7. The number of likely N-dealkylation sites (tertiary alicyclic amines) is 1. The highest BCUT2D eigenvalue weighted by Gasteiger charge is 2.32. The van der Waals surface area contributed by atoms with Crippen LogP contribution in [0.25, 0.3) is 11.4 Å². The monoisotopic (exact) mass is 414 g/mol. The van der Waals surface area contributed by atoms with E-state index in [9.17, 15) is 4.79 Å². The number of amides is 1. The van der Waals surface area contributed by atoms with Crippen LogP contribution in [0, 0.1) is 0 Å². The van der Waals surface area contributed by atoms with Gasteiger partial charge < -0.3 is 9.42 Å². The summed E-state index contributed by atoms with van der Waals surface area (Å²) in [5, 5.41) is 5.88. The first-order chi connectivity index (χ1) is 13.7. The Morgan fingerprint density at radius 1 is 1.18 bits per heavy atom. The molecule has 28 heavy (non-hydrogen) atoms. The van der Waals surface area contributed by atoms with Crippen LogP contribution in [0.5, 0.6) is 0 Å². The van der Waals surface area contributed by atoms with Gasteiger partial charge in [-0.05, 0) is 49.9 Å². The van der Waals surface area contributed by atoms with Crippen LogP contribution in [0.3, 0.4) is 0 Å². The lowest BCUT2D eigenvalue weighted by Crippen LogP contribution is -2.38. The number of piperidine rings is 1. The Kier molecular flexibility index (Phi) is 4.64. The van der Waals surface area contributed by atoms with Crippen molar-refractivity contribution in [3.05, 3.63) is 51.3 Å². The van der Waals surface area contributed by atoms with Gasteiger partial charge in [0.05, 0.1) is 17.1 Å². The third-order valence-electron chi connectivity index (χ3n) is 5.26. The topological polar surface area (TPSA) is 72.1 Å². The van der Waals surface area contributed by atoms with Crippen molar-refractivity contribution in [3.63, 3.8) is 0 Å². The molecule has 1 amide bonds. The first kappa shape index (κ1) is 17.8. The second-order valence-corrected chi connectivity index (χ2v) is 8.89. The summed E-state index contributed by atoms with van der Waals surface area (Å²) in [6, 6.07) is 7.35. The molecule has 1 aliphatic carbocycles. The molecule has 5 rings (SSSR count). The van der Waals surface area contributed by atoms with Crippen molar-refractivity contribution in [3.8, 4) is 11.4 Å². The molecule has 0 N–H and O–H groups in total. The number of hydrogen-bond donors (Lipinski definition) is 0. The van der Waals surface area contributed by atoms with E-state index >= 15 is 0 Å². The molecule has 1 saturated heterocycles. The predicted molar refractivity (Wildman–Crippen MR) is 107 cm³/mol. The van der Waals surface area contributed by atoms with E-state index < -0.39 is 0 Å². The lowest BCUT2D eigenvalue weighted by atomic mass is 9.98. The van der Waals surface area contributed by atoms with Gasteiger partial charge in [0.1, 0.15) is 4.88 Å². The van der Waals surface area contributed by atoms with Crippen LogP contribution in [0.2, 0.25) is 5.02 Å². The van der Waals surface area contributed by atoms with Crippen LogP contribution in [0.15, 0.2) is 35.0 Å². The minimum atomic E-state index is 0.0575. The molecule has 1 atom stereocenters. The Labute approximate surface area is 171 Å². The van der Waals surface area contributed by atoms with Crippen molar-refractivity contribution >= 4 is 28.8 Å². The second-order valence-electron chi connectivity index (χ2n) is 7.39. The van der Waals surface area contributed by atoms with E-state index in [-0.39, 0.29) is 11.8 Å². The molecule has 6 nitrogen and oxygen atoms in total. The molecular formula is C20H19ClN4O2S. The number of hydrogen-bond acceptors (Lipinski definition) is 6. The van der Waals surface area contributed by atoms with Crippen LogP contribution >= 0.6 is 22.9 Å². The first-order valence-electron chi connectivity index (χ1n) is 9.52. The average Bonchev–Trinajstić information content (AvgIpc) is 3.26. The molecular weight excluding hydrogens is 396 g/mol. The molecule has 144 valence electrons. The van der Waals surface area contributed by atoms with Crippen molar-refractivity contribution in [2.75, 3.05) is 13.1 Å². The number of aromatic nitrogens is 3. The van der Waals surface area contributed by atoms with Crippen molar-refractivity contribution in [1.29, 1.82) is 0 Å². The highest BCUT2D eigenvalue weighted by molar-refractivity contribution is 7.13. The van der Waals surface area contributed by atoms with Crippen molar-refractivity contribution in [2.45, 2.75) is 37.5 Å². The van der Waals surface area contributed by atoms with E-state index in [2.05, 4.69) is 15.1 Å². The minimum Gasteiger partial charge on any atom is -0.339 e. The summed E-state index contributed by atoms with van der Waals surface area (Å²) in [4.78, 5) is 24.5. The van der Waals surface area contributed by atoms with Gasteiger partial charge >= 0.3 is 0 Å². The molecule has 1 aliphatic heterocycles. The van der Waals surface area contributed by atoms with Crippen molar-refractivity contribution in [2.24, 2.45) is 0 Å². The standard InChI is InChI=1S/C20H19ClN4O2S/c21-15-7-5-12(6-8-15)17-23-18(27-24-17)14-2-1-9-25(11-14)20(26)16-10-22-19(28-16)13-3-4-13/h5-8,10,13-14H,1-4,9,11H2. The van der Waals surface area contributed by atoms with Gasteiger partial charge in [0.15, 0.2) is 0 Å². The zero-order valence-electron chi connectivity index (χ0n) is 15.2. The van der Waals surface area contributed by atoms with Gasteiger partial charge in [-0.15, -0.1) is 11.3 Å². The highest BCUT2D eigenvalue weighted by atomic mass is 35.5. The van der Waals surface area contributed by atoms with E-state index in [0.717, 1.165) is 34.8 Å². The Balaban J connectivity index is 1.30. The summed E-state index contributed by atoms with van der Waals surface area (Å²) in [5.41, 5.74) is 0.861.